The summed E-state index contributed by atoms with van der Waals surface area (Å²) >= 11 is 0. The number of hydrogen-bond acceptors (Lipinski definition) is 3. The number of aliphatic hydroxyl groups is 1. The molecule has 0 aromatic heterocycles. The van der Waals surface area contributed by atoms with Gasteiger partial charge in [0.1, 0.15) is 0 Å². The van der Waals surface area contributed by atoms with Gasteiger partial charge in [-0.3, -0.25) is 9.59 Å². The maximum atomic E-state index is 11.7. The number of β-amino-alcohol motifs (C(OH)–C–C–N with tert-alkyl or cyclic N) is 1. The van der Waals surface area contributed by atoms with Crippen LogP contribution in [0.25, 0.3) is 0 Å². The van der Waals surface area contributed by atoms with Crippen molar-refractivity contribution in [2.24, 2.45) is 0 Å². The number of aliphatic hydroxyl groups excluding tert-OH is 1. The van der Waals surface area contributed by atoms with Crippen LogP contribution in [-0.2, 0) is 9.59 Å². The summed E-state index contributed by atoms with van der Waals surface area (Å²) in [6.45, 7) is 7.37. The second-order valence-corrected chi connectivity index (χ2v) is 4.58. The molecule has 1 atom stereocenters. The van der Waals surface area contributed by atoms with Crippen molar-refractivity contribution in [1.29, 1.82) is 0 Å². The number of hydrogen-bond donors (Lipinski definition) is 2. The molecule has 1 heterocycles. The molecule has 0 saturated carbocycles. The standard InChI is InChI=1S/C12H22N2O3.C2H6/c1-10(15)13-7-4-2-3-5-12(17)14-8-6-11(16)9-14;1-2/h11,16H,2-9H2,1H3,(H,13,15);1-2H3. The number of carbonyl (C=O) groups excluding carboxylic acids is 2. The van der Waals surface area contributed by atoms with Gasteiger partial charge in [0.25, 0.3) is 0 Å². The molecule has 0 bridgehead atoms. The van der Waals surface area contributed by atoms with Crippen molar-refractivity contribution in [2.45, 2.75) is 59.0 Å². The SMILES string of the molecule is CC.CC(=O)NCCCCCC(=O)N1CCC(O)C1. The number of unbranched alkanes of at least 4 members (excludes halogenated alkanes) is 2. The first kappa shape index (κ1) is 17.9. The lowest BCUT2D eigenvalue weighted by Gasteiger charge is -2.15. The highest BCUT2D eigenvalue weighted by Gasteiger charge is 2.23. The Balaban J connectivity index is 0.00000154. The summed E-state index contributed by atoms with van der Waals surface area (Å²) in [5.74, 6) is 0.133. The lowest BCUT2D eigenvalue weighted by Crippen LogP contribution is -2.29. The molecule has 2 amide bonds. The van der Waals surface area contributed by atoms with Crippen molar-refractivity contribution in [1.82, 2.24) is 10.2 Å². The molecule has 1 unspecified atom stereocenters. The monoisotopic (exact) mass is 272 g/mol. The van der Waals surface area contributed by atoms with Crippen LogP contribution in [0.2, 0.25) is 0 Å². The lowest BCUT2D eigenvalue weighted by atomic mass is 10.2. The highest BCUT2D eigenvalue weighted by atomic mass is 16.3. The van der Waals surface area contributed by atoms with Crippen LogP contribution in [-0.4, -0.2) is 47.6 Å². The van der Waals surface area contributed by atoms with Crippen molar-refractivity contribution in [3.05, 3.63) is 0 Å². The molecule has 0 spiro atoms. The van der Waals surface area contributed by atoms with Gasteiger partial charge in [0.05, 0.1) is 6.10 Å². The minimum atomic E-state index is -0.335. The summed E-state index contributed by atoms with van der Waals surface area (Å²) in [6.07, 6.45) is 3.63. The molecule has 5 heteroatoms. The van der Waals surface area contributed by atoms with E-state index in [0.717, 1.165) is 19.3 Å². The smallest absolute Gasteiger partial charge is 0.222 e. The van der Waals surface area contributed by atoms with Crippen LogP contribution >= 0.6 is 0 Å². The molecular formula is C14H28N2O3. The zero-order chi connectivity index (χ0) is 14.7. The van der Waals surface area contributed by atoms with Crippen LogP contribution in [0.1, 0.15) is 52.9 Å². The topological polar surface area (TPSA) is 69.6 Å². The van der Waals surface area contributed by atoms with Crippen LogP contribution in [0.5, 0.6) is 0 Å². The highest BCUT2D eigenvalue weighted by Crippen LogP contribution is 2.11. The first-order valence-electron chi connectivity index (χ1n) is 7.30. The normalized spacial score (nSPS) is 17.7. The highest BCUT2D eigenvalue weighted by molar-refractivity contribution is 5.76. The Morgan fingerprint density at radius 1 is 1.26 bits per heavy atom. The van der Waals surface area contributed by atoms with Crippen LogP contribution in [0, 0.1) is 0 Å². The second kappa shape index (κ2) is 10.8. The van der Waals surface area contributed by atoms with Crippen molar-refractivity contribution in [2.75, 3.05) is 19.6 Å². The van der Waals surface area contributed by atoms with Crippen LogP contribution < -0.4 is 5.32 Å². The van der Waals surface area contributed by atoms with Crippen molar-refractivity contribution < 1.29 is 14.7 Å². The first-order chi connectivity index (χ1) is 9.09. The summed E-state index contributed by atoms with van der Waals surface area (Å²) in [7, 11) is 0. The third-order valence-corrected chi connectivity index (χ3v) is 2.96. The average molecular weight is 272 g/mol. The molecule has 1 aliphatic heterocycles. The summed E-state index contributed by atoms with van der Waals surface area (Å²) in [6, 6.07) is 0. The molecule has 5 nitrogen and oxygen atoms in total. The largest absolute Gasteiger partial charge is 0.391 e. The molecule has 112 valence electrons. The molecule has 0 aliphatic carbocycles. The number of nitrogens with one attached hydrogen (secondary N) is 1. The second-order valence-electron chi connectivity index (χ2n) is 4.58. The lowest BCUT2D eigenvalue weighted by molar-refractivity contribution is -0.130. The molecule has 1 fully saturated rings. The number of amides is 2. The van der Waals surface area contributed by atoms with E-state index in [2.05, 4.69) is 5.32 Å². The average Bonchev–Trinajstić information content (AvgIpc) is 2.82. The van der Waals surface area contributed by atoms with E-state index in [9.17, 15) is 14.7 Å². The summed E-state index contributed by atoms with van der Waals surface area (Å²) < 4.78 is 0. The van der Waals surface area contributed by atoms with E-state index in [1.54, 1.807) is 4.90 Å². The Kier molecular flexibility index (Phi) is 10.2. The molecule has 0 aromatic rings. The van der Waals surface area contributed by atoms with Crippen molar-refractivity contribution in [3.63, 3.8) is 0 Å². The predicted octanol–water partition coefficient (Wildman–Crippen LogP) is 1.30. The van der Waals surface area contributed by atoms with E-state index < -0.39 is 0 Å². The van der Waals surface area contributed by atoms with E-state index >= 15 is 0 Å². The molecule has 0 radical (unpaired) electrons. The maximum absolute atomic E-state index is 11.7. The quantitative estimate of drug-likeness (QED) is 0.716. The number of carbonyl (C=O) groups is 2. The predicted molar refractivity (Wildman–Crippen MR) is 75.7 cm³/mol. The van der Waals surface area contributed by atoms with Gasteiger partial charge in [-0.1, -0.05) is 20.3 Å². The van der Waals surface area contributed by atoms with Gasteiger partial charge in [0.2, 0.25) is 11.8 Å². The Morgan fingerprint density at radius 3 is 2.47 bits per heavy atom. The molecule has 0 aromatic carbocycles. The first-order valence-corrected chi connectivity index (χ1v) is 7.30. The van der Waals surface area contributed by atoms with Gasteiger partial charge < -0.3 is 15.3 Å². The van der Waals surface area contributed by atoms with Crippen molar-refractivity contribution >= 4 is 11.8 Å². The Bertz CT molecular complexity index is 269. The van der Waals surface area contributed by atoms with E-state index in [-0.39, 0.29) is 17.9 Å². The van der Waals surface area contributed by atoms with E-state index in [4.69, 9.17) is 0 Å². The molecule has 2 N–H and O–H groups in total. The van der Waals surface area contributed by atoms with Gasteiger partial charge in [0, 0.05) is 33.0 Å². The van der Waals surface area contributed by atoms with Gasteiger partial charge in [-0.2, -0.15) is 0 Å². The minimum Gasteiger partial charge on any atom is -0.391 e. The summed E-state index contributed by atoms with van der Waals surface area (Å²) in [5, 5.41) is 12.0. The summed E-state index contributed by atoms with van der Waals surface area (Å²) in [5.41, 5.74) is 0. The Hall–Kier alpha value is -1.10. The minimum absolute atomic E-state index is 0.00729. The fourth-order valence-corrected chi connectivity index (χ4v) is 1.97. The van der Waals surface area contributed by atoms with Gasteiger partial charge in [-0.25, -0.2) is 0 Å². The zero-order valence-corrected chi connectivity index (χ0v) is 12.4. The fourth-order valence-electron chi connectivity index (χ4n) is 1.97. The molecule has 1 aliphatic rings. The Morgan fingerprint density at radius 2 is 1.95 bits per heavy atom. The molecule has 1 rings (SSSR count). The summed E-state index contributed by atoms with van der Waals surface area (Å²) in [4.78, 5) is 24.0. The number of likely N-dealkylation sites (tertiary alicyclic amines) is 1. The van der Waals surface area contributed by atoms with Gasteiger partial charge in [0.15, 0.2) is 0 Å². The number of nitrogens with zero attached hydrogens (tertiary/aromatic N) is 1. The van der Waals surface area contributed by atoms with E-state index in [1.165, 1.54) is 6.92 Å². The molecule has 19 heavy (non-hydrogen) atoms. The molecular weight excluding hydrogens is 244 g/mol. The fraction of sp³-hybridized carbons (Fsp3) is 0.857. The zero-order valence-electron chi connectivity index (χ0n) is 12.4. The van der Waals surface area contributed by atoms with E-state index in [1.807, 2.05) is 13.8 Å². The van der Waals surface area contributed by atoms with Gasteiger partial charge in [-0.15, -0.1) is 0 Å². The number of rotatable bonds is 6. The van der Waals surface area contributed by atoms with Crippen LogP contribution in [0.4, 0.5) is 0 Å². The van der Waals surface area contributed by atoms with Crippen molar-refractivity contribution in [3.8, 4) is 0 Å². The van der Waals surface area contributed by atoms with Crippen LogP contribution in [0.3, 0.4) is 0 Å². The van der Waals surface area contributed by atoms with Gasteiger partial charge in [-0.05, 0) is 19.3 Å². The Labute approximate surface area is 116 Å². The third-order valence-electron chi connectivity index (χ3n) is 2.96. The third kappa shape index (κ3) is 8.59. The molecule has 1 saturated heterocycles. The maximum Gasteiger partial charge on any atom is 0.222 e. The van der Waals surface area contributed by atoms with Crippen LogP contribution in [0.15, 0.2) is 0 Å². The van der Waals surface area contributed by atoms with Gasteiger partial charge >= 0.3 is 0 Å². The van der Waals surface area contributed by atoms with E-state index in [0.29, 0.717) is 32.5 Å².